The molecule has 2 N–H and O–H groups in total. The normalized spacial score (nSPS) is 19.9. The Hall–Kier alpha value is -2.51. The number of alkyl halides is 3. The van der Waals surface area contributed by atoms with E-state index >= 15 is 0 Å². The van der Waals surface area contributed by atoms with E-state index in [1.807, 2.05) is 0 Å². The molecule has 3 rings (SSSR count). The van der Waals surface area contributed by atoms with Crippen LogP contribution in [0.4, 0.5) is 19.0 Å². The van der Waals surface area contributed by atoms with Crippen LogP contribution in [-0.2, 0) is 14.3 Å². The molecule has 10 nitrogen and oxygen atoms in total. The zero-order chi connectivity index (χ0) is 28.8. The Kier molecular flexibility index (Phi) is 10.5. The molecule has 0 aliphatic carbocycles. The number of carbonyl (C=O) groups is 1. The van der Waals surface area contributed by atoms with Crippen molar-refractivity contribution >= 4 is 50.7 Å². The summed E-state index contributed by atoms with van der Waals surface area (Å²) in [6.07, 6.45) is -1.53. The summed E-state index contributed by atoms with van der Waals surface area (Å²) in [7, 11) is 6.85. The maximum atomic E-state index is 12.5. The molecular weight excluding hydrogens is 557 g/mol. The van der Waals surface area contributed by atoms with E-state index in [-0.39, 0.29) is 17.5 Å². The molecule has 1 aliphatic heterocycles. The van der Waals surface area contributed by atoms with Crippen LogP contribution in [0, 0.1) is 11.8 Å². The molecule has 0 bridgehead atoms. The summed E-state index contributed by atoms with van der Waals surface area (Å²) in [5.41, 5.74) is 0.836. The molecule has 3 atom stereocenters. The van der Waals surface area contributed by atoms with Gasteiger partial charge in [0.1, 0.15) is 30.2 Å². The second-order valence-corrected chi connectivity index (χ2v) is 12.8. The molecule has 0 saturated carbocycles. The van der Waals surface area contributed by atoms with Crippen molar-refractivity contribution in [2.45, 2.75) is 56.6 Å². The number of hydrogen-bond acceptors (Lipinski definition) is 9. The second kappa shape index (κ2) is 13.2. The van der Waals surface area contributed by atoms with Gasteiger partial charge in [-0.25, -0.2) is 15.0 Å². The summed E-state index contributed by atoms with van der Waals surface area (Å²) in [5, 5.41) is 12.1. The van der Waals surface area contributed by atoms with Crippen LogP contribution >= 0.6 is 21.6 Å². The van der Waals surface area contributed by atoms with Gasteiger partial charge in [-0.15, -0.1) is 0 Å². The second-order valence-electron chi connectivity index (χ2n) is 9.72. The molecule has 0 aromatic carbocycles. The predicted octanol–water partition coefficient (Wildman–Crippen LogP) is 3.49. The molecule has 15 heteroatoms. The highest BCUT2D eigenvalue weighted by atomic mass is 33.1. The number of ether oxygens (including phenoxy) is 2. The monoisotopic (exact) mass is 588 g/mol. The largest absolute Gasteiger partial charge is 0.471 e. The summed E-state index contributed by atoms with van der Waals surface area (Å²) >= 11 is 0. The summed E-state index contributed by atoms with van der Waals surface area (Å²) in [6.45, 7) is 5.57. The van der Waals surface area contributed by atoms with Gasteiger partial charge in [-0.3, -0.25) is 4.79 Å². The Morgan fingerprint density at radius 2 is 2.13 bits per heavy atom. The van der Waals surface area contributed by atoms with Gasteiger partial charge in [0.25, 0.3) is 0 Å². The van der Waals surface area contributed by atoms with Gasteiger partial charge in [0, 0.05) is 31.5 Å². The molecular formula is C24H31F3N6O4S2. The Morgan fingerprint density at radius 3 is 2.77 bits per heavy atom. The number of rotatable bonds is 9. The summed E-state index contributed by atoms with van der Waals surface area (Å²) in [5.74, 6) is 3.99. The Balaban J connectivity index is 1.89. The number of nitrogens with zero attached hydrogens (tertiary/aromatic N) is 5. The molecule has 3 heterocycles. The van der Waals surface area contributed by atoms with E-state index in [4.69, 9.17) is 9.47 Å². The Bertz CT molecular complexity index is 1240. The lowest BCUT2D eigenvalue weighted by molar-refractivity contribution is -0.173. The lowest BCUT2D eigenvalue weighted by atomic mass is 10.2. The fourth-order valence-electron chi connectivity index (χ4n) is 3.54. The van der Waals surface area contributed by atoms with E-state index < -0.39 is 31.0 Å². The average molecular weight is 589 g/mol. The van der Waals surface area contributed by atoms with Gasteiger partial charge in [-0.2, -0.15) is 13.2 Å². The molecule has 39 heavy (non-hydrogen) atoms. The molecule has 1 aliphatic rings. The molecule has 2 aromatic heterocycles. The minimum absolute atomic E-state index is 0.0721. The predicted molar refractivity (Wildman–Crippen MR) is 146 cm³/mol. The van der Waals surface area contributed by atoms with E-state index in [0.29, 0.717) is 34.8 Å². The van der Waals surface area contributed by atoms with Crippen molar-refractivity contribution in [1.82, 2.24) is 24.8 Å². The van der Waals surface area contributed by atoms with E-state index in [1.165, 1.54) is 6.33 Å². The molecule has 214 valence electrons. The highest BCUT2D eigenvalue weighted by Crippen LogP contribution is 2.39. The fraction of sp³-hybridized carbons (Fsp3) is 0.583. The van der Waals surface area contributed by atoms with Gasteiger partial charge in [-0.1, -0.05) is 54.2 Å². The fourth-order valence-corrected chi connectivity index (χ4v) is 5.55. The minimum atomic E-state index is -4.99. The third-order valence-electron chi connectivity index (χ3n) is 5.13. The first-order valence-corrected chi connectivity index (χ1v) is 14.2. The Morgan fingerprint density at radius 1 is 1.38 bits per heavy atom. The van der Waals surface area contributed by atoms with Gasteiger partial charge >= 0.3 is 12.1 Å². The van der Waals surface area contributed by atoms with E-state index in [2.05, 4.69) is 47.6 Å². The smallest absolute Gasteiger partial charge is 0.394 e. The number of hydrogen-bond donors (Lipinski definition) is 2. The quantitative estimate of drug-likeness (QED) is 0.114. The van der Waals surface area contributed by atoms with Gasteiger partial charge in [0.2, 0.25) is 0 Å². The van der Waals surface area contributed by atoms with Crippen molar-refractivity contribution in [3.8, 4) is 11.8 Å². The van der Waals surface area contributed by atoms with Crippen LogP contribution < -0.4 is 5.32 Å². The average Bonchev–Trinajstić information content (AvgIpc) is 3.43. The van der Waals surface area contributed by atoms with Crippen LogP contribution in [0.5, 0.6) is 0 Å². The van der Waals surface area contributed by atoms with Gasteiger partial charge in [0.05, 0.1) is 36.5 Å². The first-order chi connectivity index (χ1) is 18.3. The van der Waals surface area contributed by atoms with E-state index in [0.717, 1.165) is 0 Å². The SMILES string of the molecule is CN(C)C=Nc1ncnc2c1c(C#CCNC(=O)C(F)(F)F)cn2[C@H]1CC(OCSSC(C)(C)C)[C@@H](CO)O1. The van der Waals surface area contributed by atoms with Gasteiger partial charge < -0.3 is 29.4 Å². The minimum Gasteiger partial charge on any atom is -0.394 e. The number of aliphatic hydroxyl groups excluding tert-OH is 1. The lowest BCUT2D eigenvalue weighted by Crippen LogP contribution is -2.36. The molecule has 0 radical (unpaired) electrons. The maximum Gasteiger partial charge on any atom is 0.471 e. The van der Waals surface area contributed by atoms with Crippen LogP contribution in [0.25, 0.3) is 11.0 Å². The van der Waals surface area contributed by atoms with Gasteiger partial charge in [0.15, 0.2) is 5.82 Å². The van der Waals surface area contributed by atoms with Crippen LogP contribution in [0.15, 0.2) is 17.5 Å². The topological polar surface area (TPSA) is 114 Å². The van der Waals surface area contributed by atoms with Crippen molar-refractivity contribution in [1.29, 1.82) is 0 Å². The number of aliphatic hydroxyl groups is 1. The van der Waals surface area contributed by atoms with Crippen LogP contribution in [0.3, 0.4) is 0 Å². The van der Waals surface area contributed by atoms with Crippen molar-refractivity contribution in [3.05, 3.63) is 18.1 Å². The zero-order valence-corrected chi connectivity index (χ0v) is 23.8. The number of aromatic nitrogens is 3. The first kappa shape index (κ1) is 31.0. The number of halogens is 3. The van der Waals surface area contributed by atoms with Crippen LogP contribution in [0.1, 0.15) is 39.0 Å². The van der Waals surface area contributed by atoms with Gasteiger partial charge in [-0.05, 0) is 0 Å². The highest BCUT2D eigenvalue weighted by molar-refractivity contribution is 8.77. The number of aliphatic imine (C=N–C) groups is 1. The molecule has 2 aromatic rings. The lowest BCUT2D eigenvalue weighted by Gasteiger charge is -2.19. The number of nitrogens with one attached hydrogen (secondary N) is 1. The third-order valence-corrected chi connectivity index (χ3v) is 8.12. The van der Waals surface area contributed by atoms with E-state index in [9.17, 15) is 23.1 Å². The third kappa shape index (κ3) is 8.74. The van der Waals surface area contributed by atoms with Crippen molar-refractivity contribution in [3.63, 3.8) is 0 Å². The summed E-state index contributed by atoms with van der Waals surface area (Å²) in [6, 6.07) is 0. The standard InChI is InChI=1S/C24H31F3N6O4S2/c1-23(2,3)39-38-14-36-16-9-18(37-17(16)11-34)33-10-15(7-6-8-28-22(35)24(25,26)27)19-20(31-13-32(4)5)29-12-30-21(19)33/h10,12-13,16-18,34H,8-9,11,14H2,1-5H3,(H,28,35)/t16?,17-,18-/m1/s1. The molecule has 1 unspecified atom stereocenters. The molecule has 1 fully saturated rings. The number of carbonyl (C=O) groups excluding carboxylic acids is 1. The van der Waals surface area contributed by atoms with Crippen LogP contribution in [0.2, 0.25) is 0 Å². The first-order valence-electron chi connectivity index (χ1n) is 11.9. The molecule has 0 spiro atoms. The van der Waals surface area contributed by atoms with Crippen LogP contribution in [-0.4, -0.2) is 93.1 Å². The Labute approximate surface area is 232 Å². The van der Waals surface area contributed by atoms with E-state index in [1.54, 1.807) is 63.0 Å². The van der Waals surface area contributed by atoms with Crippen molar-refractivity contribution < 1.29 is 32.5 Å². The zero-order valence-electron chi connectivity index (χ0n) is 22.2. The van der Waals surface area contributed by atoms with Crippen molar-refractivity contribution in [2.24, 2.45) is 4.99 Å². The number of fused-ring (bicyclic) bond motifs is 1. The highest BCUT2D eigenvalue weighted by Gasteiger charge is 2.39. The molecule has 1 amide bonds. The van der Waals surface area contributed by atoms with Crippen molar-refractivity contribution in [2.75, 3.05) is 33.2 Å². The molecule has 1 saturated heterocycles. The summed E-state index contributed by atoms with van der Waals surface area (Å²) in [4.78, 5) is 25.8. The summed E-state index contributed by atoms with van der Waals surface area (Å²) < 4.78 is 51.4. The maximum absolute atomic E-state index is 12.5. The number of amides is 1.